The molecule has 168 valence electrons. The first-order valence-corrected chi connectivity index (χ1v) is 10.4. The Morgan fingerprint density at radius 2 is 1.63 bits per heavy atom. The second-order valence-electron chi connectivity index (χ2n) is 7.63. The van der Waals surface area contributed by atoms with Gasteiger partial charge in [-0.05, 0) is 31.4 Å². The second kappa shape index (κ2) is 11.1. The number of hydrogen-bond donors (Lipinski definition) is 0. The molecule has 0 N–H and O–H groups in total. The molecule has 5 nitrogen and oxygen atoms in total. The predicted molar refractivity (Wildman–Crippen MR) is 104 cm³/mol. The fourth-order valence-electron chi connectivity index (χ4n) is 3.39. The highest BCUT2D eigenvalue weighted by molar-refractivity contribution is 5.28. The Hall–Kier alpha value is -1.61. The summed E-state index contributed by atoms with van der Waals surface area (Å²) in [5.41, 5.74) is 0.657. The topological polar surface area (TPSA) is 46.2 Å². The van der Waals surface area contributed by atoms with E-state index in [9.17, 15) is 13.2 Å². The molecule has 2 aliphatic heterocycles. The first kappa shape index (κ1) is 23.1. The molecular formula is C22H29F3O5. The molecule has 8 heteroatoms. The first-order valence-electron chi connectivity index (χ1n) is 10.4. The van der Waals surface area contributed by atoms with Crippen LogP contribution in [0.25, 0.3) is 0 Å². The van der Waals surface area contributed by atoms with Crippen molar-refractivity contribution in [2.75, 3.05) is 26.4 Å². The Bertz CT molecular complexity index is 646. The molecule has 0 amide bonds. The van der Waals surface area contributed by atoms with Crippen LogP contribution in [0.3, 0.4) is 0 Å². The second-order valence-corrected chi connectivity index (χ2v) is 7.63. The fraction of sp³-hybridized carbons (Fsp3) is 0.636. The van der Waals surface area contributed by atoms with Crippen LogP contribution in [0.5, 0.6) is 5.75 Å². The number of hydrogen-bond acceptors (Lipinski definition) is 5. The van der Waals surface area contributed by atoms with Gasteiger partial charge in [-0.25, -0.2) is 0 Å². The van der Waals surface area contributed by atoms with Crippen LogP contribution in [0.2, 0.25) is 0 Å². The first-order chi connectivity index (χ1) is 14.4. The van der Waals surface area contributed by atoms with E-state index in [-0.39, 0.29) is 18.0 Å². The van der Waals surface area contributed by atoms with E-state index in [4.69, 9.17) is 18.9 Å². The van der Waals surface area contributed by atoms with Gasteiger partial charge >= 0.3 is 6.36 Å². The van der Waals surface area contributed by atoms with Gasteiger partial charge in [-0.3, -0.25) is 0 Å². The molecule has 0 aliphatic carbocycles. The van der Waals surface area contributed by atoms with Crippen LogP contribution in [0.1, 0.15) is 44.5 Å². The minimum atomic E-state index is -4.70. The third kappa shape index (κ3) is 7.58. The van der Waals surface area contributed by atoms with Gasteiger partial charge in [0.25, 0.3) is 0 Å². The van der Waals surface area contributed by atoms with Crippen molar-refractivity contribution in [3.8, 4) is 5.75 Å². The maximum absolute atomic E-state index is 12.2. The van der Waals surface area contributed by atoms with Gasteiger partial charge in [0, 0.05) is 17.4 Å². The van der Waals surface area contributed by atoms with Gasteiger partial charge < -0.3 is 23.7 Å². The minimum Gasteiger partial charge on any atom is -0.406 e. The van der Waals surface area contributed by atoms with Crippen molar-refractivity contribution in [2.45, 2.75) is 51.5 Å². The molecule has 0 atom stereocenters. The molecule has 0 spiro atoms. The quantitative estimate of drug-likeness (QED) is 0.519. The average molecular weight is 430 g/mol. The number of benzene rings is 1. The van der Waals surface area contributed by atoms with Gasteiger partial charge in [0.2, 0.25) is 0 Å². The Balaban J connectivity index is 1.34. The van der Waals surface area contributed by atoms with Gasteiger partial charge in [-0.2, -0.15) is 0 Å². The summed E-state index contributed by atoms with van der Waals surface area (Å²) in [5, 5.41) is 0. The van der Waals surface area contributed by atoms with Crippen LogP contribution in [0.4, 0.5) is 13.2 Å². The van der Waals surface area contributed by atoms with E-state index in [0.29, 0.717) is 37.9 Å². The minimum absolute atomic E-state index is 0.195. The van der Waals surface area contributed by atoms with Gasteiger partial charge in [0.05, 0.1) is 26.4 Å². The maximum Gasteiger partial charge on any atom is 0.573 e. The molecule has 0 bridgehead atoms. The van der Waals surface area contributed by atoms with Gasteiger partial charge in [-0.1, -0.05) is 37.6 Å². The molecule has 0 radical (unpaired) electrons. The van der Waals surface area contributed by atoms with Crippen LogP contribution in [-0.2, 0) is 18.9 Å². The lowest BCUT2D eigenvalue weighted by Gasteiger charge is -2.32. The largest absolute Gasteiger partial charge is 0.573 e. The van der Waals surface area contributed by atoms with Gasteiger partial charge in [-0.15, -0.1) is 13.2 Å². The maximum atomic E-state index is 12.2. The van der Waals surface area contributed by atoms with Crippen molar-refractivity contribution in [3.05, 3.63) is 42.0 Å². The standard InChI is InChI=1S/C22H29F3O5/c1-2-3-4-5-16-12-26-20(27-13-16)11-6-17-14-28-21(29-15-17)18-7-9-19(10-8-18)30-22(23,24)25/h4-5,7-10,16-17,20-21H,2-3,6,11-15H2,1H3/b5-4+/t16?,17-,20?,21-. The van der Waals surface area contributed by atoms with Crippen LogP contribution < -0.4 is 4.74 Å². The van der Waals surface area contributed by atoms with E-state index in [2.05, 4.69) is 23.8 Å². The van der Waals surface area contributed by atoms with E-state index in [0.717, 1.165) is 25.7 Å². The monoisotopic (exact) mass is 430 g/mol. The molecule has 0 saturated carbocycles. The summed E-state index contributed by atoms with van der Waals surface area (Å²) in [6.45, 7) is 4.54. The third-order valence-corrected chi connectivity index (χ3v) is 5.02. The Labute approximate surface area is 175 Å². The van der Waals surface area contributed by atoms with Gasteiger partial charge in [0.15, 0.2) is 12.6 Å². The molecule has 0 aromatic heterocycles. The lowest BCUT2D eigenvalue weighted by Crippen LogP contribution is -2.33. The SMILES string of the molecule is CCC/C=C/C1COC(CC[C@H]2CO[C@H](c3ccc(OC(F)(F)F)cc3)OC2)OC1. The van der Waals surface area contributed by atoms with E-state index in [1.54, 1.807) is 0 Å². The van der Waals surface area contributed by atoms with E-state index < -0.39 is 12.7 Å². The normalized spacial score (nSPS) is 28.0. The van der Waals surface area contributed by atoms with Crippen molar-refractivity contribution in [1.29, 1.82) is 0 Å². The summed E-state index contributed by atoms with van der Waals surface area (Å²) >= 11 is 0. The highest BCUT2D eigenvalue weighted by Gasteiger charge is 2.31. The molecule has 1 aromatic rings. The summed E-state index contributed by atoms with van der Waals surface area (Å²) in [4.78, 5) is 0. The Morgan fingerprint density at radius 1 is 0.967 bits per heavy atom. The zero-order chi connectivity index (χ0) is 21.4. The van der Waals surface area contributed by atoms with Crippen molar-refractivity contribution < 1.29 is 36.9 Å². The Kier molecular flexibility index (Phi) is 8.56. The zero-order valence-electron chi connectivity index (χ0n) is 17.1. The van der Waals surface area contributed by atoms with Crippen LogP contribution in [0.15, 0.2) is 36.4 Å². The number of rotatable bonds is 8. The summed E-state index contributed by atoms with van der Waals surface area (Å²) in [7, 11) is 0. The summed E-state index contributed by atoms with van der Waals surface area (Å²) < 4.78 is 63.7. The van der Waals surface area contributed by atoms with Crippen LogP contribution in [-0.4, -0.2) is 39.1 Å². The van der Waals surface area contributed by atoms with Gasteiger partial charge in [0.1, 0.15) is 5.75 Å². The molecule has 1 aromatic carbocycles. The molecule has 2 aliphatic rings. The predicted octanol–water partition coefficient (Wildman–Crippen LogP) is 5.37. The van der Waals surface area contributed by atoms with Crippen LogP contribution >= 0.6 is 0 Å². The summed E-state index contributed by atoms with van der Waals surface area (Å²) in [6.07, 6.45) is 2.71. The summed E-state index contributed by atoms with van der Waals surface area (Å²) in [5.74, 6) is 0.279. The molecule has 3 rings (SSSR count). The van der Waals surface area contributed by atoms with E-state index in [1.807, 2.05) is 0 Å². The lowest BCUT2D eigenvalue weighted by atomic mass is 10.0. The third-order valence-electron chi connectivity index (χ3n) is 5.02. The smallest absolute Gasteiger partial charge is 0.406 e. The average Bonchev–Trinajstić information content (AvgIpc) is 2.73. The number of unbranched alkanes of at least 4 members (excludes halogenated alkanes) is 1. The van der Waals surface area contributed by atoms with Crippen molar-refractivity contribution in [3.63, 3.8) is 0 Å². The molecule has 2 heterocycles. The van der Waals surface area contributed by atoms with Crippen molar-refractivity contribution >= 4 is 0 Å². The fourth-order valence-corrected chi connectivity index (χ4v) is 3.39. The Morgan fingerprint density at radius 3 is 2.23 bits per heavy atom. The number of ether oxygens (including phenoxy) is 5. The highest BCUT2D eigenvalue weighted by atomic mass is 19.4. The molecule has 0 unspecified atom stereocenters. The molecule has 2 saturated heterocycles. The number of halogens is 3. The molecule has 2 fully saturated rings. The highest BCUT2D eigenvalue weighted by Crippen LogP contribution is 2.30. The number of alkyl halides is 3. The molecule has 30 heavy (non-hydrogen) atoms. The number of allylic oxidation sites excluding steroid dienone is 1. The van der Waals surface area contributed by atoms with Crippen LogP contribution in [0, 0.1) is 11.8 Å². The lowest BCUT2D eigenvalue weighted by molar-refractivity contribution is -0.274. The summed E-state index contributed by atoms with van der Waals surface area (Å²) in [6, 6.07) is 5.54. The van der Waals surface area contributed by atoms with E-state index >= 15 is 0 Å². The van der Waals surface area contributed by atoms with Crippen molar-refractivity contribution in [1.82, 2.24) is 0 Å². The zero-order valence-corrected chi connectivity index (χ0v) is 17.1. The van der Waals surface area contributed by atoms with Crippen molar-refractivity contribution in [2.24, 2.45) is 11.8 Å². The molecular weight excluding hydrogens is 401 g/mol. The van der Waals surface area contributed by atoms with E-state index in [1.165, 1.54) is 24.3 Å².